The Hall–Kier alpha value is -2.65. The van der Waals surface area contributed by atoms with E-state index in [4.69, 9.17) is 4.74 Å². The van der Waals surface area contributed by atoms with Crippen LogP contribution in [0.25, 0.3) is 5.57 Å². The number of nitrogens with zero attached hydrogens (tertiary/aromatic N) is 1. The third-order valence-corrected chi connectivity index (χ3v) is 7.56. The summed E-state index contributed by atoms with van der Waals surface area (Å²) >= 11 is 0. The number of hydrogen-bond acceptors (Lipinski definition) is 5. The maximum atomic E-state index is 16.1. The average Bonchev–Trinajstić information content (AvgIpc) is 2.88. The van der Waals surface area contributed by atoms with Crippen molar-refractivity contribution in [1.29, 1.82) is 0 Å². The minimum atomic E-state index is -2.49. The van der Waals surface area contributed by atoms with Gasteiger partial charge in [0, 0.05) is 24.5 Å². The van der Waals surface area contributed by atoms with E-state index < -0.39 is 29.0 Å². The van der Waals surface area contributed by atoms with Crippen molar-refractivity contribution in [3.8, 4) is 5.75 Å². The highest BCUT2D eigenvalue weighted by Crippen LogP contribution is 2.39. The Balaban J connectivity index is 1.37. The molecule has 0 spiro atoms. The van der Waals surface area contributed by atoms with Gasteiger partial charge in [-0.2, -0.15) is 0 Å². The number of alkyl halides is 2. The summed E-state index contributed by atoms with van der Waals surface area (Å²) in [4.78, 5) is 27.6. The Bertz CT molecular complexity index is 1070. The summed E-state index contributed by atoms with van der Waals surface area (Å²) in [6.45, 7) is 6.75. The monoisotopic (exact) mass is 533 g/mol. The molecular formula is C29H38F3N3O3. The number of ether oxygens (including phenoxy) is 1. The molecular weight excluding hydrogens is 495 g/mol. The van der Waals surface area contributed by atoms with Crippen LogP contribution >= 0.6 is 0 Å². The van der Waals surface area contributed by atoms with Gasteiger partial charge in [-0.1, -0.05) is 24.3 Å². The van der Waals surface area contributed by atoms with E-state index in [1.807, 2.05) is 0 Å². The lowest BCUT2D eigenvalue weighted by atomic mass is 9.83. The maximum absolute atomic E-state index is 16.1. The van der Waals surface area contributed by atoms with Gasteiger partial charge < -0.3 is 15.0 Å². The van der Waals surface area contributed by atoms with Crippen molar-refractivity contribution in [2.75, 3.05) is 39.3 Å². The number of allylic oxidation sites excluding steroid dienone is 3. The van der Waals surface area contributed by atoms with Crippen molar-refractivity contribution in [3.63, 3.8) is 0 Å². The number of imide groups is 1. The van der Waals surface area contributed by atoms with Crippen LogP contribution in [0, 0.1) is 17.7 Å². The van der Waals surface area contributed by atoms with Crippen LogP contribution in [-0.4, -0.2) is 67.4 Å². The van der Waals surface area contributed by atoms with Gasteiger partial charge in [0.25, 0.3) is 5.91 Å². The molecule has 1 aromatic carbocycles. The molecule has 2 heterocycles. The maximum Gasteiger partial charge on any atom is 0.269 e. The van der Waals surface area contributed by atoms with Crippen molar-refractivity contribution in [2.45, 2.75) is 57.3 Å². The van der Waals surface area contributed by atoms with E-state index in [0.29, 0.717) is 39.1 Å². The lowest BCUT2D eigenvalue weighted by Gasteiger charge is -2.34. The SMILES string of the molecule is CC(C)(F)CN1CCC(COc2ccc(C3=CC=CCC3(F)C(=O)NC(=O)C3CCNCC3)cc2F)CC1. The number of carbonyl (C=O) groups excluding carboxylic acids is 2. The van der Waals surface area contributed by atoms with Gasteiger partial charge in [-0.25, -0.2) is 13.2 Å². The molecule has 2 fully saturated rings. The fraction of sp³-hybridized carbons (Fsp3) is 0.586. The molecule has 1 atom stereocenters. The zero-order valence-corrected chi connectivity index (χ0v) is 22.2. The molecule has 9 heteroatoms. The molecule has 0 radical (unpaired) electrons. The number of piperidine rings is 2. The molecule has 1 unspecified atom stereocenters. The molecule has 6 nitrogen and oxygen atoms in total. The number of halogens is 3. The zero-order chi connectivity index (χ0) is 27.3. The number of likely N-dealkylation sites (tertiary alicyclic amines) is 1. The van der Waals surface area contributed by atoms with Crippen LogP contribution in [0.2, 0.25) is 0 Å². The van der Waals surface area contributed by atoms with E-state index in [1.54, 1.807) is 19.9 Å². The van der Waals surface area contributed by atoms with Crippen molar-refractivity contribution in [2.24, 2.45) is 11.8 Å². The summed E-state index contributed by atoms with van der Waals surface area (Å²) in [5.41, 5.74) is -3.51. The molecule has 2 saturated heterocycles. The summed E-state index contributed by atoms with van der Waals surface area (Å²) in [6.07, 6.45) is 7.18. The standard InChI is InChI=1S/C29H38F3N3O3/c1-28(2,31)19-35-15-10-20(11-16-35)18-38-25-7-6-22(17-24(25)30)23-5-3-4-12-29(23,32)27(37)34-26(36)21-8-13-33-14-9-21/h3-7,17,20-21,33H,8-16,18-19H2,1-2H3,(H,34,36,37). The van der Waals surface area contributed by atoms with Crippen LogP contribution in [-0.2, 0) is 9.59 Å². The van der Waals surface area contributed by atoms with Gasteiger partial charge in [-0.05, 0) is 89.3 Å². The van der Waals surface area contributed by atoms with Crippen LogP contribution in [0.4, 0.5) is 13.2 Å². The molecule has 4 rings (SSSR count). The predicted octanol–water partition coefficient (Wildman–Crippen LogP) is 4.36. The second kappa shape index (κ2) is 12.0. The fourth-order valence-corrected chi connectivity index (χ4v) is 5.41. The topological polar surface area (TPSA) is 70.7 Å². The van der Waals surface area contributed by atoms with Gasteiger partial charge in [-0.15, -0.1) is 0 Å². The lowest BCUT2D eigenvalue weighted by Crippen LogP contribution is -2.49. The fourth-order valence-electron chi connectivity index (χ4n) is 5.41. The minimum absolute atomic E-state index is 0.00391. The Morgan fingerprint density at radius 3 is 2.55 bits per heavy atom. The first-order chi connectivity index (χ1) is 18.0. The molecule has 1 aromatic rings. The molecule has 38 heavy (non-hydrogen) atoms. The summed E-state index contributed by atoms with van der Waals surface area (Å²) in [6, 6.07) is 4.15. The molecule has 208 valence electrons. The van der Waals surface area contributed by atoms with Crippen LogP contribution in [0.5, 0.6) is 5.75 Å². The van der Waals surface area contributed by atoms with Crippen LogP contribution < -0.4 is 15.4 Å². The van der Waals surface area contributed by atoms with Crippen molar-refractivity contribution in [3.05, 3.63) is 47.8 Å². The van der Waals surface area contributed by atoms with Gasteiger partial charge >= 0.3 is 0 Å². The van der Waals surface area contributed by atoms with Gasteiger partial charge in [0.05, 0.1) is 6.61 Å². The molecule has 0 saturated carbocycles. The van der Waals surface area contributed by atoms with E-state index in [9.17, 15) is 14.0 Å². The molecule has 3 aliphatic rings. The second-order valence-corrected chi connectivity index (χ2v) is 11.3. The number of carbonyl (C=O) groups is 2. The molecule has 2 N–H and O–H groups in total. The Morgan fingerprint density at radius 2 is 1.89 bits per heavy atom. The Morgan fingerprint density at radius 1 is 1.18 bits per heavy atom. The number of benzene rings is 1. The number of amides is 2. The van der Waals surface area contributed by atoms with Crippen molar-refractivity contribution < 1.29 is 27.5 Å². The van der Waals surface area contributed by atoms with Crippen molar-refractivity contribution >= 4 is 17.4 Å². The molecule has 2 aliphatic heterocycles. The summed E-state index contributed by atoms with van der Waals surface area (Å²) in [5, 5.41) is 5.41. The quantitative estimate of drug-likeness (QED) is 0.486. The van der Waals surface area contributed by atoms with Crippen LogP contribution in [0.3, 0.4) is 0 Å². The molecule has 0 aromatic heterocycles. The van der Waals surface area contributed by atoms with Gasteiger partial charge in [-0.3, -0.25) is 14.9 Å². The highest BCUT2D eigenvalue weighted by atomic mass is 19.1. The van der Waals surface area contributed by atoms with Gasteiger partial charge in [0.15, 0.2) is 11.6 Å². The van der Waals surface area contributed by atoms with Gasteiger partial charge in [0.2, 0.25) is 11.6 Å². The van der Waals surface area contributed by atoms with E-state index >= 15 is 8.78 Å². The summed E-state index contributed by atoms with van der Waals surface area (Å²) in [7, 11) is 0. The zero-order valence-electron chi connectivity index (χ0n) is 22.2. The molecule has 0 bridgehead atoms. The van der Waals surface area contributed by atoms with Crippen LogP contribution in [0.1, 0.15) is 51.5 Å². The number of rotatable bonds is 8. The third kappa shape index (κ3) is 7.05. The Kier molecular flexibility index (Phi) is 8.98. The largest absolute Gasteiger partial charge is 0.490 e. The second-order valence-electron chi connectivity index (χ2n) is 11.3. The summed E-state index contributed by atoms with van der Waals surface area (Å²) in [5.74, 6) is -2.20. The average molecular weight is 534 g/mol. The van der Waals surface area contributed by atoms with Gasteiger partial charge in [0.1, 0.15) is 5.67 Å². The van der Waals surface area contributed by atoms with E-state index in [0.717, 1.165) is 25.9 Å². The highest BCUT2D eigenvalue weighted by Gasteiger charge is 2.44. The normalized spacial score (nSPS) is 23.7. The van der Waals surface area contributed by atoms with E-state index in [2.05, 4.69) is 15.5 Å². The lowest BCUT2D eigenvalue weighted by molar-refractivity contribution is -0.137. The molecule has 1 aliphatic carbocycles. The minimum Gasteiger partial charge on any atom is -0.490 e. The summed E-state index contributed by atoms with van der Waals surface area (Å²) < 4.78 is 50.8. The highest BCUT2D eigenvalue weighted by molar-refractivity contribution is 6.07. The van der Waals surface area contributed by atoms with E-state index in [-0.39, 0.29) is 35.1 Å². The van der Waals surface area contributed by atoms with E-state index in [1.165, 1.54) is 30.4 Å². The molecule has 2 amide bonds. The number of nitrogens with one attached hydrogen (secondary N) is 2. The first-order valence-electron chi connectivity index (χ1n) is 13.5. The predicted molar refractivity (Wildman–Crippen MR) is 141 cm³/mol. The van der Waals surface area contributed by atoms with Crippen LogP contribution in [0.15, 0.2) is 36.4 Å². The third-order valence-electron chi connectivity index (χ3n) is 7.56. The smallest absolute Gasteiger partial charge is 0.269 e. The first-order valence-corrected chi connectivity index (χ1v) is 13.5. The number of hydrogen-bond donors (Lipinski definition) is 2. The first kappa shape index (κ1) is 28.4. The van der Waals surface area contributed by atoms with Crippen molar-refractivity contribution in [1.82, 2.24) is 15.5 Å². The Labute approximate surface area is 222 Å².